The fraction of sp³-hybridized carbons (Fsp3) is 0.333. The van der Waals surface area contributed by atoms with Gasteiger partial charge in [-0.3, -0.25) is 5.10 Å². The first-order valence-corrected chi connectivity index (χ1v) is 8.28. The molecule has 1 saturated heterocycles. The van der Waals surface area contributed by atoms with Crippen LogP contribution in [0.1, 0.15) is 17.7 Å². The van der Waals surface area contributed by atoms with E-state index in [-0.39, 0.29) is 0 Å². The lowest BCUT2D eigenvalue weighted by molar-refractivity contribution is 0.538. The minimum atomic E-state index is 0.452. The van der Waals surface area contributed by atoms with E-state index in [1.165, 1.54) is 0 Å². The Kier molecular flexibility index (Phi) is 4.04. The van der Waals surface area contributed by atoms with E-state index in [2.05, 4.69) is 31.5 Å². The van der Waals surface area contributed by atoms with Crippen LogP contribution in [0.2, 0.25) is 0 Å². The Morgan fingerprint density at radius 3 is 3.08 bits per heavy atom. The van der Waals surface area contributed by atoms with Gasteiger partial charge in [0.1, 0.15) is 17.3 Å². The third-order valence-electron chi connectivity index (χ3n) is 4.45. The molecular formula is C18H21N5O. The molecule has 1 aliphatic heterocycles. The number of nitrogens with zero attached hydrogens (tertiary/aromatic N) is 3. The molecule has 24 heavy (non-hydrogen) atoms. The van der Waals surface area contributed by atoms with E-state index in [0.29, 0.717) is 6.04 Å². The lowest BCUT2D eigenvalue weighted by Crippen LogP contribution is -2.32. The maximum absolute atomic E-state index is 5.70. The summed E-state index contributed by atoms with van der Waals surface area (Å²) >= 11 is 0. The van der Waals surface area contributed by atoms with Crippen LogP contribution in [0.5, 0.6) is 0 Å². The maximum Gasteiger partial charge on any atom is 0.152 e. The van der Waals surface area contributed by atoms with Gasteiger partial charge < -0.3 is 14.6 Å². The fourth-order valence-corrected chi connectivity index (χ4v) is 3.16. The largest absolute Gasteiger partial charge is 0.460 e. The normalized spacial score (nSPS) is 17.5. The molecule has 0 radical (unpaired) electrons. The molecule has 124 valence electrons. The molecule has 4 heterocycles. The lowest BCUT2D eigenvalue weighted by Gasteiger charge is -2.17. The molecule has 1 unspecified atom stereocenters. The number of hydrogen-bond acceptors (Lipinski definition) is 5. The average Bonchev–Trinajstić information content (AvgIpc) is 3.34. The van der Waals surface area contributed by atoms with Gasteiger partial charge in [0.05, 0.1) is 6.20 Å². The highest BCUT2D eigenvalue weighted by molar-refractivity contribution is 5.56. The summed E-state index contributed by atoms with van der Waals surface area (Å²) in [5.74, 6) is 2.79. The molecule has 0 spiro atoms. The topological polar surface area (TPSA) is 70.0 Å². The molecule has 0 aromatic carbocycles. The number of anilines is 1. The molecule has 0 saturated carbocycles. The number of aromatic nitrogens is 3. The molecule has 4 rings (SSSR count). The SMILES string of the molecule is Cc1ccc(-c2[nH]ncc2CNC2CCN(c3ccccn3)C2)o1. The third kappa shape index (κ3) is 3.05. The van der Waals surface area contributed by atoms with Gasteiger partial charge in [-0.05, 0) is 37.6 Å². The van der Waals surface area contributed by atoms with Crippen molar-refractivity contribution < 1.29 is 4.42 Å². The summed E-state index contributed by atoms with van der Waals surface area (Å²) in [5.41, 5.74) is 2.08. The summed E-state index contributed by atoms with van der Waals surface area (Å²) in [6.07, 6.45) is 4.83. The van der Waals surface area contributed by atoms with Crippen LogP contribution in [0, 0.1) is 6.92 Å². The second-order valence-corrected chi connectivity index (χ2v) is 6.18. The van der Waals surface area contributed by atoms with Gasteiger partial charge in [-0.2, -0.15) is 5.10 Å². The van der Waals surface area contributed by atoms with Crippen LogP contribution in [0.25, 0.3) is 11.5 Å². The van der Waals surface area contributed by atoms with E-state index in [0.717, 1.165) is 54.7 Å². The highest BCUT2D eigenvalue weighted by atomic mass is 16.3. The first-order chi connectivity index (χ1) is 11.8. The summed E-state index contributed by atoms with van der Waals surface area (Å²) in [4.78, 5) is 6.76. The van der Waals surface area contributed by atoms with Gasteiger partial charge in [-0.1, -0.05) is 6.07 Å². The minimum absolute atomic E-state index is 0.452. The van der Waals surface area contributed by atoms with E-state index < -0.39 is 0 Å². The Labute approximate surface area is 140 Å². The summed E-state index contributed by atoms with van der Waals surface area (Å²) < 4.78 is 5.70. The Bertz CT molecular complexity index is 795. The molecule has 0 amide bonds. The number of furan rings is 1. The van der Waals surface area contributed by atoms with Gasteiger partial charge >= 0.3 is 0 Å². The summed E-state index contributed by atoms with van der Waals surface area (Å²) in [7, 11) is 0. The van der Waals surface area contributed by atoms with E-state index in [1.54, 1.807) is 0 Å². The number of pyridine rings is 1. The summed E-state index contributed by atoms with van der Waals surface area (Å²) in [5, 5.41) is 10.8. The van der Waals surface area contributed by atoms with Crippen molar-refractivity contribution in [1.29, 1.82) is 0 Å². The molecule has 0 bridgehead atoms. The van der Waals surface area contributed by atoms with E-state index >= 15 is 0 Å². The van der Waals surface area contributed by atoms with E-state index in [1.807, 2.05) is 43.6 Å². The van der Waals surface area contributed by atoms with Crippen molar-refractivity contribution in [3.05, 3.63) is 54.0 Å². The Hall–Kier alpha value is -2.60. The molecule has 1 aliphatic rings. The van der Waals surface area contributed by atoms with Crippen molar-refractivity contribution in [2.75, 3.05) is 18.0 Å². The molecular weight excluding hydrogens is 302 g/mol. The lowest BCUT2D eigenvalue weighted by atomic mass is 10.2. The van der Waals surface area contributed by atoms with Gasteiger partial charge in [0.2, 0.25) is 0 Å². The van der Waals surface area contributed by atoms with E-state index in [9.17, 15) is 0 Å². The first-order valence-electron chi connectivity index (χ1n) is 8.28. The molecule has 3 aromatic heterocycles. The van der Waals surface area contributed by atoms with Crippen molar-refractivity contribution in [1.82, 2.24) is 20.5 Å². The van der Waals surface area contributed by atoms with Gasteiger partial charge in [-0.25, -0.2) is 4.98 Å². The molecule has 6 nitrogen and oxygen atoms in total. The van der Waals surface area contributed by atoms with Crippen LogP contribution in [-0.2, 0) is 6.54 Å². The number of hydrogen-bond donors (Lipinski definition) is 2. The zero-order chi connectivity index (χ0) is 16.4. The van der Waals surface area contributed by atoms with Crippen molar-refractivity contribution in [3.63, 3.8) is 0 Å². The molecule has 1 fully saturated rings. The van der Waals surface area contributed by atoms with E-state index in [4.69, 9.17) is 4.42 Å². The van der Waals surface area contributed by atoms with Crippen LogP contribution >= 0.6 is 0 Å². The summed E-state index contributed by atoms with van der Waals surface area (Å²) in [6.45, 7) is 4.73. The zero-order valence-corrected chi connectivity index (χ0v) is 13.7. The van der Waals surface area contributed by atoms with Crippen molar-refractivity contribution in [2.45, 2.75) is 25.9 Å². The van der Waals surface area contributed by atoms with Gasteiger partial charge in [0, 0.05) is 37.4 Å². The Balaban J connectivity index is 1.38. The van der Waals surface area contributed by atoms with Gasteiger partial charge in [-0.15, -0.1) is 0 Å². The first kappa shape index (κ1) is 15.0. The maximum atomic E-state index is 5.70. The third-order valence-corrected chi connectivity index (χ3v) is 4.45. The quantitative estimate of drug-likeness (QED) is 0.755. The smallest absolute Gasteiger partial charge is 0.152 e. The number of aryl methyl sites for hydroxylation is 1. The minimum Gasteiger partial charge on any atom is -0.460 e. The van der Waals surface area contributed by atoms with Crippen molar-refractivity contribution >= 4 is 5.82 Å². The van der Waals surface area contributed by atoms with Crippen LogP contribution in [0.4, 0.5) is 5.82 Å². The van der Waals surface area contributed by atoms with Crippen molar-refractivity contribution in [2.24, 2.45) is 0 Å². The van der Waals surface area contributed by atoms with Crippen molar-refractivity contribution in [3.8, 4) is 11.5 Å². The van der Waals surface area contributed by atoms with Gasteiger partial charge in [0.15, 0.2) is 5.76 Å². The number of nitrogens with one attached hydrogen (secondary N) is 2. The Morgan fingerprint density at radius 1 is 1.33 bits per heavy atom. The second-order valence-electron chi connectivity index (χ2n) is 6.18. The monoisotopic (exact) mass is 323 g/mol. The standard InChI is InChI=1S/C18H21N5O/c1-13-5-6-16(24-13)18-14(11-21-22-18)10-20-15-7-9-23(12-15)17-4-2-3-8-19-17/h2-6,8,11,15,20H,7,9-10,12H2,1H3,(H,21,22). The number of aromatic amines is 1. The second kappa shape index (κ2) is 6.49. The predicted molar refractivity (Wildman–Crippen MR) is 92.7 cm³/mol. The zero-order valence-electron chi connectivity index (χ0n) is 13.7. The predicted octanol–water partition coefficient (Wildman–Crippen LogP) is 2.74. The fourth-order valence-electron chi connectivity index (χ4n) is 3.16. The van der Waals surface area contributed by atoms with Crippen LogP contribution in [0.15, 0.2) is 47.1 Å². The molecule has 6 heteroatoms. The summed E-state index contributed by atoms with van der Waals surface area (Å²) in [6, 6.07) is 10.4. The molecule has 2 N–H and O–H groups in total. The van der Waals surface area contributed by atoms with Crippen LogP contribution < -0.4 is 10.2 Å². The molecule has 3 aromatic rings. The van der Waals surface area contributed by atoms with Crippen LogP contribution in [0.3, 0.4) is 0 Å². The molecule has 0 aliphatic carbocycles. The highest BCUT2D eigenvalue weighted by Gasteiger charge is 2.23. The highest BCUT2D eigenvalue weighted by Crippen LogP contribution is 2.24. The number of rotatable bonds is 5. The van der Waals surface area contributed by atoms with Crippen LogP contribution in [-0.4, -0.2) is 34.3 Å². The molecule has 1 atom stereocenters. The number of H-pyrrole nitrogens is 1. The average molecular weight is 323 g/mol. The Morgan fingerprint density at radius 2 is 2.29 bits per heavy atom. The van der Waals surface area contributed by atoms with Gasteiger partial charge in [0.25, 0.3) is 0 Å².